The van der Waals surface area contributed by atoms with Crippen LogP contribution in [0.5, 0.6) is 0 Å². The van der Waals surface area contributed by atoms with E-state index in [0.29, 0.717) is 11.5 Å². The first-order valence-electron chi connectivity index (χ1n) is 3.67. The average molecular weight is 165 g/mol. The minimum Gasteiger partial charge on any atom is -0.318 e. The Labute approximate surface area is 71.0 Å². The van der Waals surface area contributed by atoms with Gasteiger partial charge in [-0.1, -0.05) is 0 Å². The number of imidazole rings is 1. The van der Waals surface area contributed by atoms with Gasteiger partial charge < -0.3 is 4.57 Å². The minimum atomic E-state index is -0.0591. The molecule has 1 aromatic rings. The number of rotatable bonds is 2. The highest BCUT2D eigenvalue weighted by molar-refractivity contribution is 5.96. The van der Waals surface area contributed by atoms with Crippen molar-refractivity contribution >= 4 is 17.8 Å². The summed E-state index contributed by atoms with van der Waals surface area (Å²) in [6, 6.07) is 0. The van der Waals surface area contributed by atoms with Gasteiger partial charge in [0.05, 0.1) is 6.33 Å². The standard InChI is InChI=1S/C8H11N3O/c1-4-9-8-7(6(2)12)10-5-11(8)3/h4-5H,1-3H3/b9-4-. The molecule has 0 aliphatic carbocycles. The maximum atomic E-state index is 11.0. The molecule has 0 saturated carbocycles. The zero-order valence-electron chi connectivity index (χ0n) is 7.40. The molecule has 4 nitrogen and oxygen atoms in total. The van der Waals surface area contributed by atoms with Crippen LogP contribution in [0.3, 0.4) is 0 Å². The van der Waals surface area contributed by atoms with Gasteiger partial charge in [-0.15, -0.1) is 0 Å². The smallest absolute Gasteiger partial charge is 0.181 e. The molecule has 0 amide bonds. The fourth-order valence-electron chi connectivity index (χ4n) is 0.947. The van der Waals surface area contributed by atoms with Crippen LogP contribution in [0.1, 0.15) is 24.3 Å². The summed E-state index contributed by atoms with van der Waals surface area (Å²) in [5.41, 5.74) is 0.426. The Morgan fingerprint density at radius 2 is 2.42 bits per heavy atom. The number of aromatic nitrogens is 2. The van der Waals surface area contributed by atoms with E-state index in [9.17, 15) is 4.79 Å². The average Bonchev–Trinajstić information content (AvgIpc) is 2.34. The van der Waals surface area contributed by atoms with E-state index < -0.39 is 0 Å². The van der Waals surface area contributed by atoms with Crippen molar-refractivity contribution in [3.63, 3.8) is 0 Å². The lowest BCUT2D eigenvalue weighted by Crippen LogP contribution is -1.93. The largest absolute Gasteiger partial charge is 0.318 e. The third-order valence-electron chi connectivity index (χ3n) is 1.49. The summed E-state index contributed by atoms with van der Waals surface area (Å²) in [5.74, 6) is 0.557. The molecule has 0 spiro atoms. The molecule has 1 rings (SSSR count). The quantitative estimate of drug-likeness (QED) is 0.490. The molecule has 0 N–H and O–H groups in total. The van der Waals surface area contributed by atoms with Crippen molar-refractivity contribution in [3.8, 4) is 0 Å². The first kappa shape index (κ1) is 8.64. The van der Waals surface area contributed by atoms with Crippen molar-refractivity contribution in [3.05, 3.63) is 12.0 Å². The molecule has 0 bridgehead atoms. The molecule has 12 heavy (non-hydrogen) atoms. The Hall–Kier alpha value is -1.45. The second kappa shape index (κ2) is 3.30. The molecule has 4 heteroatoms. The Kier molecular flexibility index (Phi) is 2.38. The van der Waals surface area contributed by atoms with E-state index >= 15 is 0 Å². The Balaban J connectivity index is 3.21. The predicted molar refractivity (Wildman–Crippen MR) is 47.0 cm³/mol. The first-order valence-corrected chi connectivity index (χ1v) is 3.67. The van der Waals surface area contributed by atoms with E-state index in [1.54, 1.807) is 24.0 Å². The monoisotopic (exact) mass is 165 g/mol. The van der Waals surface area contributed by atoms with Crippen molar-refractivity contribution in [2.24, 2.45) is 12.0 Å². The SMILES string of the molecule is C/C=N\c1c(C(C)=O)ncn1C. The van der Waals surface area contributed by atoms with Crippen LogP contribution in [0.2, 0.25) is 0 Å². The predicted octanol–water partition coefficient (Wildman–Crippen LogP) is 1.34. The van der Waals surface area contributed by atoms with Crippen LogP contribution in [0.15, 0.2) is 11.3 Å². The fourth-order valence-corrected chi connectivity index (χ4v) is 0.947. The van der Waals surface area contributed by atoms with Gasteiger partial charge in [0.25, 0.3) is 0 Å². The number of nitrogens with zero attached hydrogens (tertiary/aromatic N) is 3. The van der Waals surface area contributed by atoms with E-state index in [1.807, 2.05) is 7.05 Å². The van der Waals surface area contributed by atoms with E-state index in [0.717, 1.165) is 0 Å². The third-order valence-corrected chi connectivity index (χ3v) is 1.49. The topological polar surface area (TPSA) is 47.2 Å². The third kappa shape index (κ3) is 1.42. The number of carbonyl (C=O) groups is 1. The van der Waals surface area contributed by atoms with Gasteiger partial charge in [0.15, 0.2) is 17.3 Å². The van der Waals surface area contributed by atoms with Crippen molar-refractivity contribution in [1.82, 2.24) is 9.55 Å². The summed E-state index contributed by atoms with van der Waals surface area (Å²) in [6.45, 7) is 3.29. The van der Waals surface area contributed by atoms with Crippen molar-refractivity contribution in [1.29, 1.82) is 0 Å². The molecule has 0 radical (unpaired) electrons. The number of hydrogen-bond acceptors (Lipinski definition) is 3. The number of aliphatic imine (C=N–C) groups is 1. The molecule has 1 aromatic heterocycles. The van der Waals surface area contributed by atoms with E-state index in [4.69, 9.17) is 0 Å². The summed E-state index contributed by atoms with van der Waals surface area (Å²) >= 11 is 0. The lowest BCUT2D eigenvalue weighted by Gasteiger charge is -1.95. The molecule has 0 atom stereocenters. The Morgan fingerprint density at radius 3 is 2.92 bits per heavy atom. The summed E-state index contributed by atoms with van der Waals surface area (Å²) in [5, 5.41) is 0. The maximum Gasteiger partial charge on any atom is 0.181 e. The molecular weight excluding hydrogens is 154 g/mol. The van der Waals surface area contributed by atoms with Gasteiger partial charge in [-0.05, 0) is 6.92 Å². The molecule has 0 aliphatic rings. The Bertz CT molecular complexity index is 325. The van der Waals surface area contributed by atoms with Crippen LogP contribution in [0.25, 0.3) is 0 Å². The van der Waals surface area contributed by atoms with Gasteiger partial charge in [0.1, 0.15) is 0 Å². The zero-order chi connectivity index (χ0) is 9.14. The minimum absolute atomic E-state index is 0.0591. The first-order chi connectivity index (χ1) is 5.66. The molecule has 64 valence electrons. The number of carbonyl (C=O) groups excluding carboxylic acids is 1. The van der Waals surface area contributed by atoms with E-state index in [-0.39, 0.29) is 5.78 Å². The van der Waals surface area contributed by atoms with E-state index in [2.05, 4.69) is 9.98 Å². The molecule has 0 saturated heterocycles. The highest BCUT2D eigenvalue weighted by Gasteiger charge is 2.10. The Morgan fingerprint density at radius 1 is 1.75 bits per heavy atom. The molecule has 0 unspecified atom stereocenters. The normalized spacial score (nSPS) is 10.9. The van der Waals surface area contributed by atoms with Crippen LogP contribution in [-0.4, -0.2) is 21.5 Å². The van der Waals surface area contributed by atoms with Crippen molar-refractivity contribution < 1.29 is 4.79 Å². The van der Waals surface area contributed by atoms with Crippen molar-refractivity contribution in [2.45, 2.75) is 13.8 Å². The van der Waals surface area contributed by atoms with Gasteiger partial charge in [0.2, 0.25) is 0 Å². The zero-order valence-corrected chi connectivity index (χ0v) is 7.40. The highest BCUT2D eigenvalue weighted by atomic mass is 16.1. The second-order valence-corrected chi connectivity index (χ2v) is 2.47. The second-order valence-electron chi connectivity index (χ2n) is 2.47. The summed E-state index contributed by atoms with van der Waals surface area (Å²) in [4.78, 5) is 19.0. The van der Waals surface area contributed by atoms with Gasteiger partial charge in [-0.2, -0.15) is 0 Å². The molecule has 0 aromatic carbocycles. The van der Waals surface area contributed by atoms with Crippen LogP contribution >= 0.6 is 0 Å². The highest BCUT2D eigenvalue weighted by Crippen LogP contribution is 2.16. The van der Waals surface area contributed by atoms with Crippen LogP contribution < -0.4 is 0 Å². The lowest BCUT2D eigenvalue weighted by molar-refractivity contribution is 0.101. The summed E-state index contributed by atoms with van der Waals surface area (Å²) in [6.07, 6.45) is 3.22. The number of hydrogen-bond donors (Lipinski definition) is 0. The molecule has 0 fully saturated rings. The molecule has 0 aliphatic heterocycles. The summed E-state index contributed by atoms with van der Waals surface area (Å²) < 4.78 is 1.72. The maximum absolute atomic E-state index is 11.0. The fraction of sp³-hybridized carbons (Fsp3) is 0.375. The molecular formula is C8H11N3O. The van der Waals surface area contributed by atoms with Gasteiger partial charge in [-0.25, -0.2) is 9.98 Å². The molecule has 1 heterocycles. The van der Waals surface area contributed by atoms with Crippen molar-refractivity contribution in [2.75, 3.05) is 0 Å². The van der Waals surface area contributed by atoms with Crippen LogP contribution in [0.4, 0.5) is 5.82 Å². The number of Topliss-reactive ketones (excluding diaryl/α,β-unsaturated/α-hetero) is 1. The van der Waals surface area contributed by atoms with Gasteiger partial charge in [0, 0.05) is 20.2 Å². The number of aryl methyl sites for hydroxylation is 1. The van der Waals surface area contributed by atoms with Crippen LogP contribution in [0, 0.1) is 0 Å². The van der Waals surface area contributed by atoms with E-state index in [1.165, 1.54) is 6.92 Å². The van der Waals surface area contributed by atoms with Crippen LogP contribution in [-0.2, 0) is 7.05 Å². The number of ketones is 1. The van der Waals surface area contributed by atoms with Gasteiger partial charge in [-0.3, -0.25) is 4.79 Å². The summed E-state index contributed by atoms with van der Waals surface area (Å²) in [7, 11) is 1.81. The van der Waals surface area contributed by atoms with Gasteiger partial charge >= 0.3 is 0 Å². The lowest BCUT2D eigenvalue weighted by atomic mass is 10.3.